The molecule has 0 atom stereocenters. The molecule has 0 bridgehead atoms. The van der Waals surface area contributed by atoms with E-state index in [-0.39, 0.29) is 30.7 Å². The van der Waals surface area contributed by atoms with E-state index in [9.17, 15) is 18.0 Å². The molecule has 3 nitrogen and oxygen atoms in total. The minimum Gasteiger partial charge on any atom is -0.338 e. The number of halogens is 3. The molecular formula is C15H27F3N2O. The molecular weight excluding hydrogens is 281 g/mol. The fourth-order valence-corrected chi connectivity index (χ4v) is 3.24. The summed E-state index contributed by atoms with van der Waals surface area (Å²) in [5.41, 5.74) is 5.58. The van der Waals surface area contributed by atoms with E-state index in [1.54, 1.807) is 4.90 Å². The smallest absolute Gasteiger partial charge is 0.338 e. The number of amides is 1. The zero-order valence-corrected chi connectivity index (χ0v) is 13.0. The Morgan fingerprint density at radius 2 is 1.71 bits per heavy atom. The summed E-state index contributed by atoms with van der Waals surface area (Å²) < 4.78 is 38.0. The van der Waals surface area contributed by atoms with Gasteiger partial charge in [0.2, 0.25) is 5.91 Å². The molecule has 1 aliphatic carbocycles. The first-order valence-corrected chi connectivity index (χ1v) is 7.92. The highest BCUT2D eigenvalue weighted by molar-refractivity contribution is 5.79. The van der Waals surface area contributed by atoms with Gasteiger partial charge < -0.3 is 10.6 Å². The maximum absolute atomic E-state index is 12.7. The lowest BCUT2D eigenvalue weighted by Gasteiger charge is -2.36. The van der Waals surface area contributed by atoms with E-state index in [2.05, 4.69) is 0 Å². The quantitative estimate of drug-likeness (QED) is 0.818. The zero-order chi connectivity index (χ0) is 16.0. The molecule has 21 heavy (non-hydrogen) atoms. The van der Waals surface area contributed by atoms with Crippen LogP contribution in [0.5, 0.6) is 0 Å². The second kappa shape index (κ2) is 8.01. The van der Waals surface area contributed by atoms with Crippen molar-refractivity contribution < 1.29 is 18.0 Å². The minimum atomic E-state index is -4.12. The number of alkyl halides is 3. The van der Waals surface area contributed by atoms with E-state index < -0.39 is 12.1 Å². The number of carbonyl (C=O) groups is 1. The summed E-state index contributed by atoms with van der Waals surface area (Å²) in [4.78, 5) is 14.4. The van der Waals surface area contributed by atoms with Gasteiger partial charge in [0.15, 0.2) is 0 Å². The Kier molecular flexibility index (Phi) is 6.97. The van der Waals surface area contributed by atoms with Crippen LogP contribution in [0.25, 0.3) is 0 Å². The van der Waals surface area contributed by atoms with Crippen LogP contribution in [0.15, 0.2) is 0 Å². The van der Waals surface area contributed by atoms with Gasteiger partial charge in [-0.05, 0) is 38.5 Å². The number of rotatable bonds is 6. The lowest BCUT2D eigenvalue weighted by Crippen LogP contribution is -2.46. The topological polar surface area (TPSA) is 46.3 Å². The molecule has 0 aliphatic heterocycles. The molecule has 0 unspecified atom stereocenters. The highest BCUT2D eigenvalue weighted by Crippen LogP contribution is 2.40. The van der Waals surface area contributed by atoms with Gasteiger partial charge in [0.1, 0.15) is 0 Å². The van der Waals surface area contributed by atoms with Crippen molar-refractivity contribution in [1.82, 2.24) is 4.90 Å². The van der Waals surface area contributed by atoms with Crippen molar-refractivity contribution in [2.45, 2.75) is 64.6 Å². The Bertz CT molecular complexity index is 321. The van der Waals surface area contributed by atoms with Crippen molar-refractivity contribution in [1.29, 1.82) is 0 Å². The van der Waals surface area contributed by atoms with Gasteiger partial charge in [-0.2, -0.15) is 13.2 Å². The van der Waals surface area contributed by atoms with Gasteiger partial charge in [0, 0.05) is 25.0 Å². The molecule has 0 aromatic heterocycles. The number of hydrogen-bond acceptors (Lipinski definition) is 2. The van der Waals surface area contributed by atoms with Gasteiger partial charge in [-0.1, -0.05) is 13.8 Å². The van der Waals surface area contributed by atoms with Gasteiger partial charge in [0.25, 0.3) is 0 Å². The largest absolute Gasteiger partial charge is 0.391 e. The van der Waals surface area contributed by atoms with Crippen molar-refractivity contribution >= 4 is 5.91 Å². The highest BCUT2D eigenvalue weighted by Gasteiger charge is 2.43. The third-order valence-electron chi connectivity index (χ3n) is 4.58. The van der Waals surface area contributed by atoms with Crippen LogP contribution in [-0.4, -0.2) is 36.1 Å². The monoisotopic (exact) mass is 308 g/mol. The summed E-state index contributed by atoms with van der Waals surface area (Å²) in [7, 11) is 0. The first-order chi connectivity index (χ1) is 9.85. The molecule has 0 aromatic rings. The molecule has 0 radical (unpaired) electrons. The van der Waals surface area contributed by atoms with Gasteiger partial charge in [-0.25, -0.2) is 0 Å². The van der Waals surface area contributed by atoms with Crippen molar-refractivity contribution in [3.63, 3.8) is 0 Å². The Balaban J connectivity index is 2.65. The Morgan fingerprint density at radius 1 is 1.19 bits per heavy atom. The number of carbonyl (C=O) groups excluding carboxylic acids is 1. The second-order valence-electron chi connectivity index (χ2n) is 5.88. The first kappa shape index (κ1) is 18.3. The molecule has 0 aromatic carbocycles. The molecule has 1 fully saturated rings. The standard InChI is InChI=1S/C15H27F3N2O/c1-3-13(4-2)20(10-9-19)14(21)11-5-7-12(8-6-11)15(16,17)18/h11-13H,3-10,19H2,1-2H3. The molecule has 0 heterocycles. The van der Waals surface area contributed by atoms with E-state index >= 15 is 0 Å². The SMILES string of the molecule is CCC(CC)N(CCN)C(=O)C1CCC(C(F)(F)F)CC1. The van der Waals surface area contributed by atoms with Crippen LogP contribution in [0, 0.1) is 11.8 Å². The van der Waals surface area contributed by atoms with Crippen LogP contribution in [-0.2, 0) is 4.79 Å². The van der Waals surface area contributed by atoms with Gasteiger partial charge >= 0.3 is 6.18 Å². The van der Waals surface area contributed by atoms with E-state index in [0.717, 1.165) is 12.8 Å². The molecule has 1 aliphatic rings. The van der Waals surface area contributed by atoms with Gasteiger partial charge in [-0.3, -0.25) is 4.79 Å². The van der Waals surface area contributed by atoms with E-state index in [0.29, 0.717) is 25.9 Å². The maximum Gasteiger partial charge on any atom is 0.391 e. The van der Waals surface area contributed by atoms with Crippen molar-refractivity contribution in [2.75, 3.05) is 13.1 Å². The number of hydrogen-bond donors (Lipinski definition) is 1. The van der Waals surface area contributed by atoms with Gasteiger partial charge in [0.05, 0.1) is 5.92 Å². The minimum absolute atomic E-state index is 0.00484. The predicted octanol–water partition coefficient (Wildman–Crippen LogP) is 3.33. The van der Waals surface area contributed by atoms with E-state index in [1.807, 2.05) is 13.8 Å². The zero-order valence-electron chi connectivity index (χ0n) is 13.0. The fraction of sp³-hybridized carbons (Fsp3) is 0.933. The molecule has 1 rings (SSSR count). The summed E-state index contributed by atoms with van der Waals surface area (Å²) in [6.07, 6.45) is -1.62. The fourth-order valence-electron chi connectivity index (χ4n) is 3.24. The molecule has 0 spiro atoms. The van der Waals surface area contributed by atoms with Crippen LogP contribution in [0.4, 0.5) is 13.2 Å². The number of nitrogens with two attached hydrogens (primary N) is 1. The van der Waals surface area contributed by atoms with Crippen molar-refractivity contribution in [2.24, 2.45) is 17.6 Å². The average molecular weight is 308 g/mol. The third kappa shape index (κ3) is 4.87. The molecule has 6 heteroatoms. The molecule has 1 saturated carbocycles. The van der Waals surface area contributed by atoms with Crippen molar-refractivity contribution in [3.8, 4) is 0 Å². The van der Waals surface area contributed by atoms with Crippen LogP contribution < -0.4 is 5.73 Å². The maximum atomic E-state index is 12.7. The van der Waals surface area contributed by atoms with E-state index in [4.69, 9.17) is 5.73 Å². The summed E-state index contributed by atoms with van der Waals surface area (Å²) in [5, 5.41) is 0. The lowest BCUT2D eigenvalue weighted by atomic mass is 9.80. The summed E-state index contributed by atoms with van der Waals surface area (Å²) >= 11 is 0. The highest BCUT2D eigenvalue weighted by atomic mass is 19.4. The Labute approximate surface area is 125 Å². The van der Waals surface area contributed by atoms with Crippen LogP contribution >= 0.6 is 0 Å². The Morgan fingerprint density at radius 3 is 2.10 bits per heavy atom. The van der Waals surface area contributed by atoms with Crippen LogP contribution in [0.1, 0.15) is 52.4 Å². The molecule has 2 N–H and O–H groups in total. The predicted molar refractivity (Wildman–Crippen MR) is 76.6 cm³/mol. The molecule has 1 amide bonds. The van der Waals surface area contributed by atoms with Crippen LogP contribution in [0.3, 0.4) is 0 Å². The summed E-state index contributed by atoms with van der Waals surface area (Å²) in [5.74, 6) is -1.51. The molecule has 124 valence electrons. The lowest BCUT2D eigenvalue weighted by molar-refractivity contribution is -0.185. The van der Waals surface area contributed by atoms with Crippen LogP contribution in [0.2, 0.25) is 0 Å². The normalized spacial score (nSPS) is 23.4. The third-order valence-corrected chi connectivity index (χ3v) is 4.58. The molecule has 0 saturated heterocycles. The van der Waals surface area contributed by atoms with Crippen molar-refractivity contribution in [3.05, 3.63) is 0 Å². The first-order valence-electron chi connectivity index (χ1n) is 7.92. The number of nitrogens with zero attached hydrogens (tertiary/aromatic N) is 1. The summed E-state index contributed by atoms with van der Waals surface area (Å²) in [6.45, 7) is 4.92. The summed E-state index contributed by atoms with van der Waals surface area (Å²) in [6, 6.07) is 0.140. The van der Waals surface area contributed by atoms with Gasteiger partial charge in [-0.15, -0.1) is 0 Å². The second-order valence-corrected chi connectivity index (χ2v) is 5.88. The van der Waals surface area contributed by atoms with E-state index in [1.165, 1.54) is 0 Å². The average Bonchev–Trinajstić information content (AvgIpc) is 2.46. The Hall–Kier alpha value is -0.780.